The van der Waals surface area contributed by atoms with E-state index in [1.165, 1.54) is 5.56 Å². The molecule has 0 unspecified atom stereocenters. The maximum absolute atomic E-state index is 10.6. The van der Waals surface area contributed by atoms with Crippen LogP contribution in [0.15, 0.2) is 55.0 Å². The minimum absolute atomic E-state index is 0.294. The number of nitrogens with zero attached hydrogens (tertiary/aromatic N) is 5. The summed E-state index contributed by atoms with van der Waals surface area (Å²) in [4.78, 5) is 11.4. The zero-order valence-electron chi connectivity index (χ0n) is 15.6. The summed E-state index contributed by atoms with van der Waals surface area (Å²) in [5, 5.41) is 14.8. The van der Waals surface area contributed by atoms with Gasteiger partial charge in [0.1, 0.15) is 0 Å². The average molecular weight is 363 g/mol. The molecule has 3 heterocycles. The molecule has 1 fully saturated rings. The van der Waals surface area contributed by atoms with Gasteiger partial charge in [-0.05, 0) is 36.8 Å². The Morgan fingerprint density at radius 1 is 1.15 bits per heavy atom. The molecular formula is C21H25N5O. The summed E-state index contributed by atoms with van der Waals surface area (Å²) < 4.78 is 1.77. The molecule has 140 valence electrons. The Labute approximate surface area is 159 Å². The number of aliphatic hydroxyl groups excluding tert-OH is 1. The van der Waals surface area contributed by atoms with Gasteiger partial charge in [-0.25, -0.2) is 9.97 Å². The number of benzene rings is 1. The van der Waals surface area contributed by atoms with Crippen molar-refractivity contribution in [1.82, 2.24) is 19.7 Å². The van der Waals surface area contributed by atoms with Gasteiger partial charge in [-0.3, -0.25) is 4.68 Å². The fourth-order valence-electron chi connectivity index (χ4n) is 3.72. The SMILES string of the molecule is Cn1cc(-c2ccnc(N3CCC([C@H](O)Cc4ccccc4)CC3)n2)cn1. The van der Waals surface area contributed by atoms with Gasteiger partial charge in [0.2, 0.25) is 5.95 Å². The van der Waals surface area contributed by atoms with Crippen molar-refractivity contribution < 1.29 is 5.11 Å². The number of hydrogen-bond acceptors (Lipinski definition) is 5. The minimum Gasteiger partial charge on any atom is -0.392 e. The van der Waals surface area contributed by atoms with E-state index >= 15 is 0 Å². The van der Waals surface area contributed by atoms with Crippen LogP contribution in [0, 0.1) is 5.92 Å². The predicted octanol–water partition coefficient (Wildman–Crippen LogP) is 2.70. The second kappa shape index (κ2) is 7.88. The molecule has 6 nitrogen and oxygen atoms in total. The van der Waals surface area contributed by atoms with Crippen molar-refractivity contribution in [3.8, 4) is 11.3 Å². The second-order valence-electron chi connectivity index (χ2n) is 7.23. The molecule has 0 bridgehead atoms. The molecule has 1 N–H and O–H groups in total. The lowest BCUT2D eigenvalue weighted by atomic mass is 9.88. The van der Waals surface area contributed by atoms with E-state index in [9.17, 15) is 5.11 Å². The van der Waals surface area contributed by atoms with Gasteiger partial charge in [-0.15, -0.1) is 0 Å². The quantitative estimate of drug-likeness (QED) is 0.755. The monoisotopic (exact) mass is 363 g/mol. The van der Waals surface area contributed by atoms with Crippen molar-refractivity contribution in [3.05, 3.63) is 60.6 Å². The van der Waals surface area contributed by atoms with Crippen LogP contribution in [0.2, 0.25) is 0 Å². The van der Waals surface area contributed by atoms with Crippen LogP contribution < -0.4 is 4.90 Å². The van der Waals surface area contributed by atoms with E-state index in [4.69, 9.17) is 4.98 Å². The number of hydrogen-bond donors (Lipinski definition) is 1. The van der Waals surface area contributed by atoms with E-state index in [1.807, 2.05) is 43.7 Å². The number of aliphatic hydroxyl groups is 1. The number of aromatic nitrogens is 4. The average Bonchev–Trinajstić information content (AvgIpc) is 3.15. The second-order valence-corrected chi connectivity index (χ2v) is 7.23. The molecule has 1 aliphatic heterocycles. The van der Waals surface area contributed by atoms with Gasteiger partial charge in [0.25, 0.3) is 0 Å². The van der Waals surface area contributed by atoms with Gasteiger partial charge >= 0.3 is 0 Å². The summed E-state index contributed by atoms with van der Waals surface area (Å²) in [6.45, 7) is 1.74. The topological polar surface area (TPSA) is 67.1 Å². The van der Waals surface area contributed by atoms with Gasteiger partial charge in [0.05, 0.1) is 18.0 Å². The first-order chi connectivity index (χ1) is 13.2. The fourth-order valence-corrected chi connectivity index (χ4v) is 3.72. The Balaban J connectivity index is 1.38. The normalized spacial score (nSPS) is 16.4. The van der Waals surface area contributed by atoms with E-state index in [0.717, 1.165) is 49.6 Å². The molecule has 3 aromatic rings. The lowest BCUT2D eigenvalue weighted by Gasteiger charge is -2.34. The van der Waals surface area contributed by atoms with Crippen molar-refractivity contribution >= 4 is 5.95 Å². The third-order valence-corrected chi connectivity index (χ3v) is 5.30. The van der Waals surface area contributed by atoms with E-state index in [-0.39, 0.29) is 6.10 Å². The number of aryl methyl sites for hydroxylation is 1. The van der Waals surface area contributed by atoms with Crippen LogP contribution in [0.4, 0.5) is 5.95 Å². The first kappa shape index (κ1) is 17.7. The van der Waals surface area contributed by atoms with Crippen molar-refractivity contribution in [1.29, 1.82) is 0 Å². The molecule has 6 heteroatoms. The number of anilines is 1. The highest BCUT2D eigenvalue weighted by Gasteiger charge is 2.26. The molecule has 0 spiro atoms. The zero-order valence-corrected chi connectivity index (χ0v) is 15.6. The lowest BCUT2D eigenvalue weighted by Crippen LogP contribution is -2.39. The molecule has 1 aliphatic rings. The van der Waals surface area contributed by atoms with Crippen LogP contribution in [0.1, 0.15) is 18.4 Å². The molecule has 1 aromatic carbocycles. The van der Waals surface area contributed by atoms with Crippen LogP contribution >= 0.6 is 0 Å². The summed E-state index contributed by atoms with van der Waals surface area (Å²) >= 11 is 0. The smallest absolute Gasteiger partial charge is 0.225 e. The molecule has 0 amide bonds. The van der Waals surface area contributed by atoms with Gasteiger partial charge in [-0.1, -0.05) is 30.3 Å². The first-order valence-corrected chi connectivity index (χ1v) is 9.48. The number of rotatable bonds is 5. The van der Waals surface area contributed by atoms with Gasteiger partial charge in [0, 0.05) is 38.1 Å². The Kier molecular flexibility index (Phi) is 5.16. The maximum Gasteiger partial charge on any atom is 0.225 e. The highest BCUT2D eigenvalue weighted by atomic mass is 16.3. The summed E-state index contributed by atoms with van der Waals surface area (Å²) in [5.41, 5.74) is 3.08. The molecule has 1 saturated heterocycles. The Hall–Kier alpha value is -2.73. The number of piperidine rings is 1. The van der Waals surface area contributed by atoms with Crippen LogP contribution in [0.5, 0.6) is 0 Å². The van der Waals surface area contributed by atoms with Gasteiger partial charge in [0.15, 0.2) is 0 Å². The van der Waals surface area contributed by atoms with Crippen LogP contribution in [0.3, 0.4) is 0 Å². The third-order valence-electron chi connectivity index (χ3n) is 5.30. The molecular weight excluding hydrogens is 338 g/mol. The minimum atomic E-state index is -0.294. The van der Waals surface area contributed by atoms with Crippen molar-refractivity contribution in [2.75, 3.05) is 18.0 Å². The molecule has 4 rings (SSSR count). The molecule has 0 radical (unpaired) electrons. The lowest BCUT2D eigenvalue weighted by molar-refractivity contribution is 0.0928. The summed E-state index contributed by atoms with van der Waals surface area (Å²) in [6.07, 6.45) is 7.91. The summed E-state index contributed by atoms with van der Waals surface area (Å²) in [5.74, 6) is 1.08. The van der Waals surface area contributed by atoms with Crippen molar-refractivity contribution in [2.45, 2.75) is 25.4 Å². The highest BCUT2D eigenvalue weighted by molar-refractivity contribution is 5.58. The van der Waals surface area contributed by atoms with E-state index in [1.54, 1.807) is 10.9 Å². The zero-order chi connectivity index (χ0) is 18.6. The first-order valence-electron chi connectivity index (χ1n) is 9.48. The van der Waals surface area contributed by atoms with E-state index in [0.29, 0.717) is 5.92 Å². The highest BCUT2D eigenvalue weighted by Crippen LogP contribution is 2.26. The maximum atomic E-state index is 10.6. The largest absolute Gasteiger partial charge is 0.392 e. The predicted molar refractivity (Wildman–Crippen MR) is 105 cm³/mol. The summed E-state index contributed by atoms with van der Waals surface area (Å²) in [6, 6.07) is 12.1. The van der Waals surface area contributed by atoms with Crippen molar-refractivity contribution in [2.24, 2.45) is 13.0 Å². The Morgan fingerprint density at radius 2 is 1.93 bits per heavy atom. The fraction of sp³-hybridized carbons (Fsp3) is 0.381. The van der Waals surface area contributed by atoms with Crippen molar-refractivity contribution in [3.63, 3.8) is 0 Å². The molecule has 0 saturated carbocycles. The van der Waals surface area contributed by atoms with E-state index < -0.39 is 0 Å². The Bertz CT molecular complexity index is 871. The third kappa shape index (κ3) is 4.17. The van der Waals surface area contributed by atoms with E-state index in [2.05, 4.69) is 27.1 Å². The molecule has 0 aliphatic carbocycles. The summed E-state index contributed by atoms with van der Waals surface area (Å²) in [7, 11) is 1.90. The molecule has 2 aromatic heterocycles. The van der Waals surface area contributed by atoms with Gasteiger partial charge in [-0.2, -0.15) is 5.10 Å². The van der Waals surface area contributed by atoms with Crippen LogP contribution in [-0.2, 0) is 13.5 Å². The van der Waals surface area contributed by atoms with Crippen LogP contribution in [-0.4, -0.2) is 44.0 Å². The Morgan fingerprint density at radius 3 is 2.63 bits per heavy atom. The van der Waals surface area contributed by atoms with Crippen LogP contribution in [0.25, 0.3) is 11.3 Å². The molecule has 1 atom stereocenters. The molecule has 27 heavy (non-hydrogen) atoms. The standard InChI is InChI=1S/C21H25N5O/c1-25-15-18(14-23-25)19-7-10-22-21(24-19)26-11-8-17(9-12-26)20(27)13-16-5-3-2-4-6-16/h2-7,10,14-15,17,20,27H,8-9,11-13H2,1H3/t20-/m1/s1. The van der Waals surface area contributed by atoms with Gasteiger partial charge < -0.3 is 10.0 Å².